The van der Waals surface area contributed by atoms with E-state index < -0.39 is 0 Å². The summed E-state index contributed by atoms with van der Waals surface area (Å²) in [4.78, 5) is 5.12. The van der Waals surface area contributed by atoms with Crippen LogP contribution in [0.4, 0.5) is 11.4 Å². The molecule has 1 atom stereocenters. The zero-order valence-electron chi connectivity index (χ0n) is 16.2. The lowest BCUT2D eigenvalue weighted by Crippen LogP contribution is -2.30. The number of rotatable bonds is 2. The first-order chi connectivity index (χ1) is 11.3. The normalized spacial score (nSPS) is 17.7. The molecule has 1 unspecified atom stereocenters. The van der Waals surface area contributed by atoms with Crippen LogP contribution in [0.25, 0.3) is 0 Å². The van der Waals surface area contributed by atoms with Crippen LogP contribution >= 0.6 is 0 Å². The molecule has 2 aromatic rings. The van der Waals surface area contributed by atoms with Crippen LogP contribution in [-0.4, -0.2) is 19.3 Å². The van der Waals surface area contributed by atoms with Crippen LogP contribution in [0, 0.1) is 41.5 Å². The minimum atomic E-state index is 0.519. The van der Waals surface area contributed by atoms with E-state index in [-0.39, 0.29) is 0 Å². The Hall–Kier alpha value is -1.96. The van der Waals surface area contributed by atoms with Gasteiger partial charge in [0.05, 0.1) is 6.67 Å². The molecule has 0 N–H and O–H groups in total. The smallest absolute Gasteiger partial charge is 0.0907 e. The van der Waals surface area contributed by atoms with E-state index in [1.165, 1.54) is 44.8 Å². The Balaban J connectivity index is 1.97. The SMILES string of the molecule is Cc1cc(C)c(N2CC(C)N(c3c(C)cc(C)cc3C)C2)c(C)c1. The molecule has 0 aliphatic carbocycles. The van der Waals surface area contributed by atoms with Gasteiger partial charge in [-0.2, -0.15) is 0 Å². The molecule has 128 valence electrons. The number of anilines is 2. The summed E-state index contributed by atoms with van der Waals surface area (Å²) in [6, 6.07) is 9.74. The molecular formula is C22H30N2. The zero-order chi connectivity index (χ0) is 17.6. The third kappa shape index (κ3) is 2.90. The third-order valence-corrected chi connectivity index (χ3v) is 5.21. The van der Waals surface area contributed by atoms with Gasteiger partial charge in [0.1, 0.15) is 0 Å². The summed E-state index contributed by atoms with van der Waals surface area (Å²) in [6.45, 7) is 17.7. The van der Waals surface area contributed by atoms with Gasteiger partial charge in [-0.25, -0.2) is 0 Å². The lowest BCUT2D eigenvalue weighted by atomic mass is 10.0. The van der Waals surface area contributed by atoms with Crippen molar-refractivity contribution in [1.29, 1.82) is 0 Å². The minimum absolute atomic E-state index is 0.519. The third-order valence-electron chi connectivity index (χ3n) is 5.21. The largest absolute Gasteiger partial charge is 0.351 e. The van der Waals surface area contributed by atoms with Crippen molar-refractivity contribution in [3.05, 3.63) is 57.6 Å². The van der Waals surface area contributed by atoms with Crippen molar-refractivity contribution in [3.8, 4) is 0 Å². The summed E-state index contributed by atoms with van der Waals surface area (Å²) in [7, 11) is 0. The molecule has 1 fully saturated rings. The van der Waals surface area contributed by atoms with Gasteiger partial charge in [-0.3, -0.25) is 0 Å². The second-order valence-electron chi connectivity index (χ2n) is 7.68. The average molecular weight is 322 g/mol. The maximum atomic E-state index is 2.57. The van der Waals surface area contributed by atoms with Crippen molar-refractivity contribution in [1.82, 2.24) is 0 Å². The number of nitrogens with zero attached hydrogens (tertiary/aromatic N) is 2. The maximum Gasteiger partial charge on any atom is 0.0907 e. The lowest BCUT2D eigenvalue weighted by molar-refractivity contribution is 0.772. The predicted molar refractivity (Wildman–Crippen MR) is 105 cm³/mol. The molecule has 0 bridgehead atoms. The van der Waals surface area contributed by atoms with E-state index in [1.807, 2.05) is 0 Å². The Morgan fingerprint density at radius 1 is 0.708 bits per heavy atom. The standard InChI is InChI=1S/C22H30N2/c1-14-8-16(3)21(17(4)9-14)23-12-20(7)24(13-23)22-18(5)10-15(2)11-19(22)6/h8-11,20H,12-13H2,1-7H3. The van der Waals surface area contributed by atoms with Crippen molar-refractivity contribution in [3.63, 3.8) is 0 Å². The van der Waals surface area contributed by atoms with Gasteiger partial charge in [-0.1, -0.05) is 35.4 Å². The molecule has 2 heteroatoms. The molecule has 1 heterocycles. The van der Waals surface area contributed by atoms with Crippen molar-refractivity contribution in [2.24, 2.45) is 0 Å². The molecule has 2 aromatic carbocycles. The fraction of sp³-hybridized carbons (Fsp3) is 0.455. The van der Waals surface area contributed by atoms with Crippen LogP contribution < -0.4 is 9.80 Å². The van der Waals surface area contributed by atoms with Gasteiger partial charge < -0.3 is 9.80 Å². The second kappa shape index (κ2) is 6.16. The molecule has 2 nitrogen and oxygen atoms in total. The molecular weight excluding hydrogens is 292 g/mol. The second-order valence-corrected chi connectivity index (χ2v) is 7.68. The molecule has 0 aromatic heterocycles. The van der Waals surface area contributed by atoms with Gasteiger partial charge in [0.2, 0.25) is 0 Å². The van der Waals surface area contributed by atoms with Gasteiger partial charge in [-0.15, -0.1) is 0 Å². The first kappa shape index (κ1) is 16.9. The molecule has 0 amide bonds. The van der Waals surface area contributed by atoms with Crippen molar-refractivity contribution in [2.75, 3.05) is 23.0 Å². The first-order valence-corrected chi connectivity index (χ1v) is 8.95. The highest BCUT2D eigenvalue weighted by molar-refractivity contribution is 5.67. The molecule has 0 saturated carbocycles. The molecule has 1 saturated heterocycles. The zero-order valence-corrected chi connectivity index (χ0v) is 16.2. The Morgan fingerprint density at radius 2 is 1.12 bits per heavy atom. The lowest BCUT2D eigenvalue weighted by Gasteiger charge is -2.28. The number of hydrogen-bond donors (Lipinski definition) is 0. The highest BCUT2D eigenvalue weighted by atomic mass is 15.4. The number of hydrogen-bond acceptors (Lipinski definition) is 2. The van der Waals surface area contributed by atoms with Crippen molar-refractivity contribution < 1.29 is 0 Å². The molecule has 1 aliphatic rings. The summed E-state index contributed by atoms with van der Waals surface area (Å²) in [6.07, 6.45) is 0. The quantitative estimate of drug-likeness (QED) is 0.749. The monoisotopic (exact) mass is 322 g/mol. The summed E-state index contributed by atoms with van der Waals surface area (Å²) in [5.74, 6) is 0. The van der Waals surface area contributed by atoms with E-state index >= 15 is 0 Å². The topological polar surface area (TPSA) is 6.48 Å². The molecule has 24 heavy (non-hydrogen) atoms. The summed E-state index contributed by atoms with van der Waals surface area (Å²) in [5.41, 5.74) is 11.1. The van der Waals surface area contributed by atoms with E-state index in [4.69, 9.17) is 0 Å². The fourth-order valence-corrected chi connectivity index (χ4v) is 4.55. The number of benzene rings is 2. The van der Waals surface area contributed by atoms with Crippen LogP contribution in [0.2, 0.25) is 0 Å². The highest BCUT2D eigenvalue weighted by Crippen LogP contribution is 2.35. The van der Waals surface area contributed by atoms with Gasteiger partial charge >= 0.3 is 0 Å². The maximum absolute atomic E-state index is 2.57. The van der Waals surface area contributed by atoms with E-state index in [0.717, 1.165) is 13.2 Å². The summed E-state index contributed by atoms with van der Waals surface area (Å²) < 4.78 is 0. The van der Waals surface area contributed by atoms with Gasteiger partial charge in [-0.05, 0) is 70.7 Å². The van der Waals surface area contributed by atoms with Crippen LogP contribution in [0.5, 0.6) is 0 Å². The fourth-order valence-electron chi connectivity index (χ4n) is 4.55. The van der Waals surface area contributed by atoms with Gasteiger partial charge in [0, 0.05) is 24.0 Å². The molecule has 0 spiro atoms. The Kier molecular flexibility index (Phi) is 4.33. The Bertz CT molecular complexity index is 730. The van der Waals surface area contributed by atoms with Crippen LogP contribution in [0.1, 0.15) is 40.3 Å². The van der Waals surface area contributed by atoms with Gasteiger partial charge in [0.15, 0.2) is 0 Å². The highest BCUT2D eigenvalue weighted by Gasteiger charge is 2.30. The molecule has 0 radical (unpaired) electrons. The average Bonchev–Trinajstić information content (AvgIpc) is 2.78. The number of aryl methyl sites for hydroxylation is 6. The van der Waals surface area contributed by atoms with E-state index in [1.54, 1.807) is 0 Å². The predicted octanol–water partition coefficient (Wildman–Crippen LogP) is 5.21. The van der Waals surface area contributed by atoms with Crippen LogP contribution in [0.15, 0.2) is 24.3 Å². The van der Waals surface area contributed by atoms with Crippen molar-refractivity contribution >= 4 is 11.4 Å². The Labute approximate surface area is 147 Å². The van der Waals surface area contributed by atoms with Gasteiger partial charge in [0.25, 0.3) is 0 Å². The molecule has 3 rings (SSSR count). The minimum Gasteiger partial charge on any atom is -0.351 e. The summed E-state index contributed by atoms with van der Waals surface area (Å²) in [5, 5.41) is 0. The Morgan fingerprint density at radius 3 is 1.58 bits per heavy atom. The van der Waals surface area contributed by atoms with E-state index in [0.29, 0.717) is 6.04 Å². The van der Waals surface area contributed by atoms with E-state index in [2.05, 4.69) is 82.5 Å². The molecule has 1 aliphatic heterocycles. The van der Waals surface area contributed by atoms with E-state index in [9.17, 15) is 0 Å². The van der Waals surface area contributed by atoms with Crippen molar-refractivity contribution in [2.45, 2.75) is 54.5 Å². The van der Waals surface area contributed by atoms with Crippen LogP contribution in [0.3, 0.4) is 0 Å². The first-order valence-electron chi connectivity index (χ1n) is 8.95. The van der Waals surface area contributed by atoms with Crippen LogP contribution in [-0.2, 0) is 0 Å². The summed E-state index contributed by atoms with van der Waals surface area (Å²) >= 11 is 0.